The molecule has 1 aliphatic carbocycles. The van der Waals surface area contributed by atoms with Crippen molar-refractivity contribution in [2.24, 2.45) is 0 Å². The van der Waals surface area contributed by atoms with Crippen LogP contribution in [-0.4, -0.2) is 50.5 Å². The molecule has 1 aliphatic rings. The fraction of sp³-hybridized carbons (Fsp3) is 0.481. The third-order valence-electron chi connectivity index (χ3n) is 6.56. The van der Waals surface area contributed by atoms with Crippen LogP contribution in [0.25, 0.3) is 0 Å². The van der Waals surface area contributed by atoms with E-state index in [-0.39, 0.29) is 0 Å². The number of ketones is 1. The zero-order valence-electron chi connectivity index (χ0n) is 21.2. The van der Waals surface area contributed by atoms with Crippen molar-refractivity contribution >= 4 is 45.0 Å². The minimum Gasteiger partial charge on any atom is -0.324 e. The molecular weight excluding hydrogens is 518 g/mol. The van der Waals surface area contributed by atoms with E-state index in [0.717, 1.165) is 66.1 Å². The van der Waals surface area contributed by atoms with Gasteiger partial charge in [-0.3, -0.25) is 9.89 Å². The van der Waals surface area contributed by atoms with Crippen LogP contribution in [0.4, 0.5) is 23.3 Å². The normalized spacial score (nSPS) is 13.2. The molecular formula is C27H36BrN7O. The van der Waals surface area contributed by atoms with E-state index >= 15 is 0 Å². The lowest BCUT2D eigenvalue weighted by Gasteiger charge is -2.17. The van der Waals surface area contributed by atoms with Crippen LogP contribution >= 0.6 is 15.9 Å². The van der Waals surface area contributed by atoms with Gasteiger partial charge in [-0.25, -0.2) is 4.98 Å². The van der Waals surface area contributed by atoms with Crippen LogP contribution in [0.2, 0.25) is 0 Å². The molecule has 192 valence electrons. The zero-order valence-corrected chi connectivity index (χ0v) is 22.8. The number of unbranched alkanes of at least 4 members (excludes halogenated alkanes) is 1. The van der Waals surface area contributed by atoms with Crippen molar-refractivity contribution in [1.29, 1.82) is 0 Å². The minimum absolute atomic E-state index is 0.336. The van der Waals surface area contributed by atoms with Crippen LogP contribution in [0.1, 0.15) is 69.5 Å². The molecule has 1 saturated carbocycles. The summed E-state index contributed by atoms with van der Waals surface area (Å²) in [7, 11) is 0. The van der Waals surface area contributed by atoms with E-state index in [0.29, 0.717) is 36.3 Å². The van der Waals surface area contributed by atoms with Gasteiger partial charge in [0.1, 0.15) is 5.78 Å². The smallest absolute Gasteiger partial charge is 0.229 e. The highest BCUT2D eigenvalue weighted by molar-refractivity contribution is 9.10. The third-order valence-corrected chi connectivity index (χ3v) is 7.14. The Hall–Kier alpha value is -2.78. The molecule has 0 spiro atoms. The number of Topliss-reactive ketones (excluding diaryl/α,β-unsaturated/α-hetero) is 1. The number of carbonyl (C=O) groups is 1. The van der Waals surface area contributed by atoms with Gasteiger partial charge in [-0.2, -0.15) is 10.1 Å². The lowest BCUT2D eigenvalue weighted by atomic mass is 10.0. The summed E-state index contributed by atoms with van der Waals surface area (Å²) >= 11 is 3.52. The molecule has 9 heteroatoms. The minimum atomic E-state index is 0.336. The second-order valence-corrected chi connectivity index (χ2v) is 10.2. The average molecular weight is 555 g/mol. The summed E-state index contributed by atoms with van der Waals surface area (Å²) < 4.78 is 0.758. The van der Waals surface area contributed by atoms with Gasteiger partial charge in [-0.05, 0) is 85.4 Å². The third kappa shape index (κ3) is 7.86. The van der Waals surface area contributed by atoms with Crippen molar-refractivity contribution in [1.82, 2.24) is 25.1 Å². The molecule has 8 nitrogen and oxygen atoms in total. The molecule has 2 heterocycles. The SMILES string of the molecule is CCN(CC)CCCCC(=O)CCc1cccc(Nc2ncc(Br)c(Nc3cc(C4CC4)[nH]n3)n2)c1. The van der Waals surface area contributed by atoms with Gasteiger partial charge in [0.2, 0.25) is 5.95 Å². The van der Waals surface area contributed by atoms with Gasteiger partial charge < -0.3 is 15.5 Å². The number of benzene rings is 1. The number of rotatable bonds is 15. The van der Waals surface area contributed by atoms with E-state index in [4.69, 9.17) is 0 Å². The Labute approximate surface area is 221 Å². The first-order valence-electron chi connectivity index (χ1n) is 13.0. The number of carbonyl (C=O) groups excluding carboxylic acids is 1. The van der Waals surface area contributed by atoms with Crippen molar-refractivity contribution in [3.63, 3.8) is 0 Å². The van der Waals surface area contributed by atoms with E-state index in [2.05, 4.69) is 77.6 Å². The first-order valence-corrected chi connectivity index (χ1v) is 13.8. The highest BCUT2D eigenvalue weighted by Gasteiger charge is 2.25. The molecule has 0 unspecified atom stereocenters. The summed E-state index contributed by atoms with van der Waals surface area (Å²) in [6.07, 6.45) is 8.18. The lowest BCUT2D eigenvalue weighted by molar-refractivity contribution is -0.119. The molecule has 1 aromatic carbocycles. The van der Waals surface area contributed by atoms with Gasteiger partial charge >= 0.3 is 0 Å². The van der Waals surface area contributed by atoms with E-state index in [1.54, 1.807) is 6.20 Å². The standard InChI is InChI=1S/C27H36BrN7O/c1-3-35(4-2)15-6-5-10-22(36)14-11-19-8-7-9-21(16-19)30-27-29-18-23(28)26(32-27)31-25-17-24(33-34-25)20-12-13-20/h7-9,16-18,20H,3-6,10-15H2,1-2H3,(H3,29,30,31,32,33,34). The number of aryl methyl sites for hydroxylation is 1. The molecule has 3 aromatic rings. The Kier molecular flexibility index (Phi) is 9.47. The van der Waals surface area contributed by atoms with Crippen LogP contribution in [0.15, 0.2) is 41.0 Å². The van der Waals surface area contributed by atoms with Gasteiger partial charge in [0.25, 0.3) is 0 Å². The molecule has 0 aliphatic heterocycles. The largest absolute Gasteiger partial charge is 0.324 e. The van der Waals surface area contributed by atoms with Crippen molar-refractivity contribution in [3.05, 3.63) is 52.3 Å². The van der Waals surface area contributed by atoms with Gasteiger partial charge in [-0.1, -0.05) is 26.0 Å². The second-order valence-electron chi connectivity index (χ2n) is 9.35. The summed E-state index contributed by atoms with van der Waals surface area (Å²) in [5.74, 6) is 2.81. The maximum absolute atomic E-state index is 12.4. The molecule has 3 N–H and O–H groups in total. The molecule has 2 aromatic heterocycles. The molecule has 0 atom stereocenters. The number of H-pyrrole nitrogens is 1. The summed E-state index contributed by atoms with van der Waals surface area (Å²) in [6, 6.07) is 10.1. The number of aromatic nitrogens is 4. The quantitative estimate of drug-likeness (QED) is 0.189. The fourth-order valence-corrected chi connectivity index (χ4v) is 4.47. The second kappa shape index (κ2) is 13.0. The first-order chi connectivity index (χ1) is 17.5. The monoisotopic (exact) mass is 553 g/mol. The maximum atomic E-state index is 12.4. The topological polar surface area (TPSA) is 98.8 Å². The van der Waals surface area contributed by atoms with Crippen LogP contribution in [-0.2, 0) is 11.2 Å². The Balaban J connectivity index is 1.27. The highest BCUT2D eigenvalue weighted by atomic mass is 79.9. The van der Waals surface area contributed by atoms with Crippen LogP contribution < -0.4 is 10.6 Å². The molecule has 0 amide bonds. The molecule has 0 radical (unpaired) electrons. The molecule has 36 heavy (non-hydrogen) atoms. The number of aromatic amines is 1. The number of anilines is 4. The Morgan fingerprint density at radius 2 is 1.97 bits per heavy atom. The maximum Gasteiger partial charge on any atom is 0.229 e. The number of halogens is 1. The van der Waals surface area contributed by atoms with E-state index < -0.39 is 0 Å². The molecule has 0 saturated heterocycles. The highest BCUT2D eigenvalue weighted by Crippen LogP contribution is 2.39. The number of nitrogens with zero attached hydrogens (tertiary/aromatic N) is 4. The van der Waals surface area contributed by atoms with Crippen molar-refractivity contribution in [3.8, 4) is 0 Å². The average Bonchev–Trinajstić information content (AvgIpc) is 3.63. The van der Waals surface area contributed by atoms with Gasteiger partial charge in [0.05, 0.1) is 4.47 Å². The number of hydrogen-bond acceptors (Lipinski definition) is 7. The first kappa shape index (κ1) is 26.3. The molecule has 1 fully saturated rings. The van der Waals surface area contributed by atoms with Crippen molar-refractivity contribution in [2.45, 2.75) is 64.7 Å². The molecule has 4 rings (SSSR count). The predicted octanol–water partition coefficient (Wildman–Crippen LogP) is 6.34. The van der Waals surface area contributed by atoms with E-state index in [1.165, 1.54) is 12.8 Å². The van der Waals surface area contributed by atoms with Crippen LogP contribution in [0, 0.1) is 0 Å². The Morgan fingerprint density at radius 1 is 1.14 bits per heavy atom. The lowest BCUT2D eigenvalue weighted by Crippen LogP contribution is -2.24. The number of nitrogens with one attached hydrogen (secondary N) is 3. The summed E-state index contributed by atoms with van der Waals surface area (Å²) in [5, 5.41) is 14.0. The Morgan fingerprint density at radius 3 is 2.75 bits per heavy atom. The van der Waals surface area contributed by atoms with Crippen molar-refractivity contribution < 1.29 is 4.79 Å². The van der Waals surface area contributed by atoms with E-state index in [1.807, 2.05) is 18.2 Å². The summed E-state index contributed by atoms with van der Waals surface area (Å²) in [4.78, 5) is 23.8. The van der Waals surface area contributed by atoms with Gasteiger partial charge in [0, 0.05) is 42.4 Å². The number of hydrogen-bond donors (Lipinski definition) is 3. The predicted molar refractivity (Wildman–Crippen MR) is 148 cm³/mol. The fourth-order valence-electron chi connectivity index (χ4n) is 4.18. The van der Waals surface area contributed by atoms with Crippen LogP contribution in [0.5, 0.6) is 0 Å². The van der Waals surface area contributed by atoms with Crippen molar-refractivity contribution in [2.75, 3.05) is 30.3 Å². The van der Waals surface area contributed by atoms with Crippen LogP contribution in [0.3, 0.4) is 0 Å². The Bertz CT molecular complexity index is 1140. The molecule has 0 bridgehead atoms. The zero-order chi connectivity index (χ0) is 25.3. The summed E-state index contributed by atoms with van der Waals surface area (Å²) in [6.45, 7) is 7.59. The van der Waals surface area contributed by atoms with Gasteiger partial charge in [-0.15, -0.1) is 0 Å². The van der Waals surface area contributed by atoms with Gasteiger partial charge in [0.15, 0.2) is 11.6 Å². The summed E-state index contributed by atoms with van der Waals surface area (Å²) in [5.41, 5.74) is 3.18. The van der Waals surface area contributed by atoms with E-state index in [9.17, 15) is 4.79 Å².